The molecule has 174 valence electrons. The first-order chi connectivity index (χ1) is 16.3. The molecule has 0 bridgehead atoms. The Morgan fingerprint density at radius 1 is 1.00 bits per heavy atom. The van der Waals surface area contributed by atoms with Gasteiger partial charge in [0.15, 0.2) is 16.3 Å². The number of rotatable bonds is 4. The van der Waals surface area contributed by atoms with Crippen molar-refractivity contribution in [2.45, 2.75) is 11.8 Å². The van der Waals surface area contributed by atoms with E-state index in [1.54, 1.807) is 48.5 Å². The number of ether oxygens (including phenoxy) is 2. The van der Waals surface area contributed by atoms with Crippen LogP contribution in [0.4, 0.5) is 5.69 Å². The van der Waals surface area contributed by atoms with Gasteiger partial charge in [-0.15, -0.1) is 0 Å². The van der Waals surface area contributed by atoms with E-state index in [0.29, 0.717) is 40.8 Å². The van der Waals surface area contributed by atoms with Crippen LogP contribution < -0.4 is 19.0 Å². The Labute approximate surface area is 200 Å². The lowest BCUT2D eigenvalue weighted by atomic mass is 10.2. The van der Waals surface area contributed by atoms with Gasteiger partial charge in [-0.05, 0) is 43.3 Å². The van der Waals surface area contributed by atoms with E-state index >= 15 is 0 Å². The molecular formula is C24H21N3O5S2. The number of carbonyl (C=O) groups is 1. The van der Waals surface area contributed by atoms with Gasteiger partial charge in [-0.2, -0.15) is 4.99 Å². The average Bonchev–Trinajstić information content (AvgIpc) is 3.12. The van der Waals surface area contributed by atoms with E-state index in [9.17, 15) is 13.2 Å². The number of carbonyl (C=O) groups excluding carboxylic acids is 1. The number of aromatic nitrogens is 1. The van der Waals surface area contributed by atoms with Crippen molar-refractivity contribution in [1.29, 1.82) is 0 Å². The summed E-state index contributed by atoms with van der Waals surface area (Å²) in [6.45, 7) is 2.89. The third-order valence-corrected chi connectivity index (χ3v) is 7.88. The molecule has 0 saturated heterocycles. The van der Waals surface area contributed by atoms with Crippen LogP contribution in [0.1, 0.15) is 15.9 Å². The number of hydrogen-bond donors (Lipinski definition) is 1. The van der Waals surface area contributed by atoms with E-state index in [2.05, 4.69) is 9.71 Å². The lowest BCUT2D eigenvalue weighted by Crippen LogP contribution is -2.16. The second-order valence-electron chi connectivity index (χ2n) is 7.82. The zero-order chi connectivity index (χ0) is 23.9. The van der Waals surface area contributed by atoms with E-state index in [0.717, 1.165) is 15.8 Å². The van der Waals surface area contributed by atoms with Gasteiger partial charge < -0.3 is 14.0 Å². The number of thiazole rings is 1. The lowest BCUT2D eigenvalue weighted by Gasteiger charge is -2.18. The maximum absolute atomic E-state index is 12.8. The first-order valence-electron chi connectivity index (χ1n) is 10.5. The Bertz CT molecular complexity index is 1570. The molecule has 3 aromatic carbocycles. The first kappa shape index (κ1) is 22.2. The summed E-state index contributed by atoms with van der Waals surface area (Å²) in [6, 6.07) is 16.5. The van der Waals surface area contributed by atoms with Crippen LogP contribution in [0.2, 0.25) is 0 Å². The molecule has 1 amide bonds. The summed E-state index contributed by atoms with van der Waals surface area (Å²) in [5, 5.41) is 0. The van der Waals surface area contributed by atoms with Crippen LogP contribution in [0.15, 0.2) is 70.6 Å². The number of amides is 1. The number of benzene rings is 3. The van der Waals surface area contributed by atoms with Gasteiger partial charge in [0.1, 0.15) is 13.2 Å². The number of anilines is 1. The van der Waals surface area contributed by atoms with Crippen LogP contribution in [0.25, 0.3) is 10.2 Å². The minimum atomic E-state index is -3.72. The van der Waals surface area contributed by atoms with Crippen molar-refractivity contribution in [2.75, 3.05) is 17.9 Å². The maximum atomic E-state index is 12.8. The van der Waals surface area contributed by atoms with Gasteiger partial charge in [0.05, 0.1) is 15.1 Å². The molecule has 34 heavy (non-hydrogen) atoms. The van der Waals surface area contributed by atoms with Crippen LogP contribution in [-0.4, -0.2) is 32.1 Å². The first-order valence-corrected chi connectivity index (χ1v) is 12.8. The number of nitrogens with one attached hydrogen (secondary N) is 1. The van der Waals surface area contributed by atoms with E-state index < -0.39 is 15.9 Å². The Kier molecular flexibility index (Phi) is 5.62. The molecule has 5 rings (SSSR count). The summed E-state index contributed by atoms with van der Waals surface area (Å²) in [5.74, 6) is 0.934. The maximum Gasteiger partial charge on any atom is 0.279 e. The van der Waals surface area contributed by atoms with Gasteiger partial charge >= 0.3 is 0 Å². The second kappa shape index (κ2) is 8.62. The molecule has 0 radical (unpaired) electrons. The molecule has 1 aromatic heterocycles. The van der Waals surface area contributed by atoms with E-state index in [1.807, 2.05) is 30.7 Å². The van der Waals surface area contributed by atoms with Crippen molar-refractivity contribution in [2.24, 2.45) is 12.0 Å². The molecule has 0 spiro atoms. The van der Waals surface area contributed by atoms with E-state index in [-0.39, 0.29) is 4.90 Å². The van der Waals surface area contributed by atoms with Crippen LogP contribution in [0, 0.1) is 6.92 Å². The zero-order valence-electron chi connectivity index (χ0n) is 18.4. The molecule has 0 atom stereocenters. The fourth-order valence-electron chi connectivity index (χ4n) is 3.53. The highest BCUT2D eigenvalue weighted by Crippen LogP contribution is 2.35. The van der Waals surface area contributed by atoms with Gasteiger partial charge in [0.2, 0.25) is 0 Å². The molecule has 0 aliphatic carbocycles. The normalized spacial score (nSPS) is 13.8. The molecule has 1 aliphatic heterocycles. The SMILES string of the molecule is Cc1ccc(S(=O)(=O)Nc2ccc(C(=O)N=c3sc4cc5c(cc4n3C)OCCO5)cc2)cc1. The van der Waals surface area contributed by atoms with Crippen molar-refractivity contribution in [3.8, 4) is 11.5 Å². The molecule has 1 N–H and O–H groups in total. The highest BCUT2D eigenvalue weighted by atomic mass is 32.2. The van der Waals surface area contributed by atoms with Crippen LogP contribution in [0.5, 0.6) is 11.5 Å². The predicted octanol–water partition coefficient (Wildman–Crippen LogP) is 3.86. The minimum absolute atomic E-state index is 0.169. The summed E-state index contributed by atoms with van der Waals surface area (Å²) < 4.78 is 41.7. The highest BCUT2D eigenvalue weighted by molar-refractivity contribution is 7.92. The van der Waals surface area contributed by atoms with Gasteiger partial charge in [-0.1, -0.05) is 29.0 Å². The number of fused-ring (bicyclic) bond motifs is 2. The highest BCUT2D eigenvalue weighted by Gasteiger charge is 2.17. The van der Waals surface area contributed by atoms with Crippen molar-refractivity contribution in [1.82, 2.24) is 4.57 Å². The van der Waals surface area contributed by atoms with Gasteiger partial charge in [-0.3, -0.25) is 9.52 Å². The predicted molar refractivity (Wildman–Crippen MR) is 130 cm³/mol. The molecule has 8 nitrogen and oxygen atoms in total. The van der Waals surface area contributed by atoms with E-state index in [4.69, 9.17) is 9.47 Å². The molecule has 2 heterocycles. The lowest BCUT2D eigenvalue weighted by molar-refractivity contribution is 0.0998. The molecule has 0 fully saturated rings. The molecule has 1 aliphatic rings. The summed E-state index contributed by atoms with van der Waals surface area (Å²) in [4.78, 5) is 17.8. The third-order valence-electron chi connectivity index (χ3n) is 5.39. The molecule has 0 saturated carbocycles. The summed E-state index contributed by atoms with van der Waals surface area (Å²) in [5.41, 5.74) is 2.57. The minimum Gasteiger partial charge on any atom is -0.486 e. The quantitative estimate of drug-likeness (QED) is 0.464. The van der Waals surface area contributed by atoms with Crippen LogP contribution in [0.3, 0.4) is 0 Å². The van der Waals surface area contributed by atoms with Crippen molar-refractivity contribution in [3.63, 3.8) is 0 Å². The number of nitrogens with zero attached hydrogens (tertiary/aromatic N) is 2. The van der Waals surface area contributed by atoms with Gasteiger partial charge in [0, 0.05) is 30.4 Å². The molecular weight excluding hydrogens is 474 g/mol. The topological polar surface area (TPSA) is 99.0 Å². The summed E-state index contributed by atoms with van der Waals surface area (Å²) in [7, 11) is -1.88. The van der Waals surface area contributed by atoms with Gasteiger partial charge in [-0.25, -0.2) is 8.42 Å². The number of sulfonamides is 1. The largest absolute Gasteiger partial charge is 0.486 e. The molecule has 10 heteroatoms. The van der Waals surface area contributed by atoms with Crippen molar-refractivity contribution < 1.29 is 22.7 Å². The Morgan fingerprint density at radius 2 is 1.65 bits per heavy atom. The average molecular weight is 496 g/mol. The van der Waals surface area contributed by atoms with E-state index in [1.165, 1.54) is 11.3 Å². The summed E-state index contributed by atoms with van der Waals surface area (Å²) in [6.07, 6.45) is 0. The van der Waals surface area contributed by atoms with Crippen molar-refractivity contribution >= 4 is 43.2 Å². The number of aryl methyl sites for hydroxylation is 2. The Balaban J connectivity index is 1.38. The monoisotopic (exact) mass is 495 g/mol. The fourth-order valence-corrected chi connectivity index (χ4v) is 5.62. The zero-order valence-corrected chi connectivity index (χ0v) is 20.1. The Hall–Kier alpha value is -3.63. The molecule has 4 aromatic rings. The smallest absolute Gasteiger partial charge is 0.279 e. The van der Waals surface area contributed by atoms with Crippen LogP contribution >= 0.6 is 11.3 Å². The molecule has 0 unspecified atom stereocenters. The second-order valence-corrected chi connectivity index (χ2v) is 10.5. The third kappa shape index (κ3) is 4.29. The number of hydrogen-bond acceptors (Lipinski definition) is 6. The van der Waals surface area contributed by atoms with Crippen LogP contribution in [-0.2, 0) is 17.1 Å². The standard InChI is InChI=1S/C24H21N3O5S2/c1-15-3-9-18(10-4-15)34(29,30)26-17-7-5-16(6-8-17)23(28)25-24-27(2)19-13-20-21(14-22(19)33-24)32-12-11-31-20/h3-10,13-14,26H,11-12H2,1-2H3. The fraction of sp³-hybridized carbons (Fsp3) is 0.167. The summed E-state index contributed by atoms with van der Waals surface area (Å²) >= 11 is 1.38. The van der Waals surface area contributed by atoms with Crippen molar-refractivity contribution in [3.05, 3.63) is 76.6 Å². The van der Waals surface area contributed by atoms with Gasteiger partial charge in [0.25, 0.3) is 15.9 Å². The Morgan fingerprint density at radius 3 is 2.32 bits per heavy atom.